The molecule has 1 amide bonds. The lowest BCUT2D eigenvalue weighted by atomic mass is 9.90. The van der Waals surface area contributed by atoms with Crippen LogP contribution in [0.3, 0.4) is 0 Å². The minimum Gasteiger partial charge on any atom is -0.493 e. The second-order valence-corrected chi connectivity index (χ2v) is 8.80. The molecule has 0 spiro atoms. The molecule has 2 aromatic rings. The summed E-state index contributed by atoms with van der Waals surface area (Å²) >= 11 is 0. The predicted octanol–water partition coefficient (Wildman–Crippen LogP) is 4.42. The SMILES string of the molecule is COc1cc2c(cc1OC)[C@H](CNC(=O)C1CCCC1)N(Cc1ccccc1C)CC2. The first-order chi connectivity index (χ1) is 15.1. The van der Waals surface area contributed by atoms with Gasteiger partial charge in [-0.25, -0.2) is 0 Å². The summed E-state index contributed by atoms with van der Waals surface area (Å²) in [5.74, 6) is 1.90. The number of hydrogen-bond donors (Lipinski definition) is 1. The minimum absolute atomic E-state index is 0.105. The van der Waals surface area contributed by atoms with Crippen LogP contribution in [0.4, 0.5) is 0 Å². The van der Waals surface area contributed by atoms with Crippen LogP contribution in [0.2, 0.25) is 0 Å². The van der Waals surface area contributed by atoms with Crippen LogP contribution < -0.4 is 14.8 Å². The van der Waals surface area contributed by atoms with Crippen molar-refractivity contribution in [2.75, 3.05) is 27.3 Å². The number of ether oxygens (including phenoxy) is 2. The number of carbonyl (C=O) groups is 1. The van der Waals surface area contributed by atoms with Crippen LogP contribution in [-0.2, 0) is 17.8 Å². The van der Waals surface area contributed by atoms with Gasteiger partial charge in [0.05, 0.1) is 20.3 Å². The van der Waals surface area contributed by atoms with E-state index in [1.165, 1.54) is 35.1 Å². The van der Waals surface area contributed by atoms with Crippen LogP contribution in [0, 0.1) is 12.8 Å². The van der Waals surface area contributed by atoms with Crippen LogP contribution in [0.5, 0.6) is 11.5 Å². The number of nitrogens with one attached hydrogen (secondary N) is 1. The van der Waals surface area contributed by atoms with Crippen molar-refractivity contribution in [3.05, 3.63) is 58.7 Å². The monoisotopic (exact) mass is 422 g/mol. The molecule has 5 nitrogen and oxygen atoms in total. The number of amides is 1. The highest BCUT2D eigenvalue weighted by atomic mass is 16.5. The van der Waals surface area contributed by atoms with Gasteiger partial charge in [0, 0.05) is 25.6 Å². The molecule has 31 heavy (non-hydrogen) atoms. The van der Waals surface area contributed by atoms with Gasteiger partial charge in [0.25, 0.3) is 0 Å². The molecule has 4 rings (SSSR count). The summed E-state index contributed by atoms with van der Waals surface area (Å²) in [7, 11) is 3.35. The maximum atomic E-state index is 12.8. The summed E-state index contributed by atoms with van der Waals surface area (Å²) in [5.41, 5.74) is 5.14. The Kier molecular flexibility index (Phi) is 6.81. The van der Waals surface area contributed by atoms with E-state index in [0.29, 0.717) is 6.54 Å². The van der Waals surface area contributed by atoms with Gasteiger partial charge in [-0.15, -0.1) is 0 Å². The zero-order valence-electron chi connectivity index (χ0n) is 18.9. The van der Waals surface area contributed by atoms with Crippen molar-refractivity contribution < 1.29 is 14.3 Å². The molecule has 0 unspecified atom stereocenters. The molecule has 1 fully saturated rings. The number of carbonyl (C=O) groups excluding carboxylic acids is 1. The number of hydrogen-bond acceptors (Lipinski definition) is 4. The molecule has 1 N–H and O–H groups in total. The van der Waals surface area contributed by atoms with Crippen molar-refractivity contribution in [1.82, 2.24) is 10.2 Å². The van der Waals surface area contributed by atoms with E-state index in [1.54, 1.807) is 14.2 Å². The topological polar surface area (TPSA) is 50.8 Å². The fourth-order valence-corrected chi connectivity index (χ4v) is 5.04. The molecule has 166 valence electrons. The van der Waals surface area contributed by atoms with E-state index < -0.39 is 0 Å². The lowest BCUT2D eigenvalue weighted by Crippen LogP contribution is -2.43. The fourth-order valence-electron chi connectivity index (χ4n) is 5.04. The van der Waals surface area contributed by atoms with Gasteiger partial charge >= 0.3 is 0 Å². The first-order valence-corrected chi connectivity index (χ1v) is 11.4. The molecule has 1 atom stereocenters. The Balaban J connectivity index is 1.61. The number of benzene rings is 2. The van der Waals surface area contributed by atoms with E-state index in [1.807, 2.05) is 0 Å². The average molecular weight is 423 g/mol. The lowest BCUT2D eigenvalue weighted by molar-refractivity contribution is -0.125. The van der Waals surface area contributed by atoms with Crippen LogP contribution in [0.15, 0.2) is 36.4 Å². The van der Waals surface area contributed by atoms with Gasteiger partial charge < -0.3 is 14.8 Å². The molecule has 1 aliphatic carbocycles. The van der Waals surface area contributed by atoms with Gasteiger partial charge in [-0.05, 0) is 60.6 Å². The van der Waals surface area contributed by atoms with Crippen LogP contribution >= 0.6 is 0 Å². The summed E-state index contributed by atoms with van der Waals surface area (Å²) in [5, 5.41) is 3.28. The quantitative estimate of drug-likeness (QED) is 0.718. The van der Waals surface area contributed by atoms with E-state index in [2.05, 4.69) is 53.5 Å². The number of aryl methyl sites for hydroxylation is 1. The van der Waals surface area contributed by atoms with Gasteiger partial charge in [0.15, 0.2) is 11.5 Å². The molecule has 2 aliphatic rings. The largest absolute Gasteiger partial charge is 0.493 e. The average Bonchev–Trinajstić information content (AvgIpc) is 3.33. The third kappa shape index (κ3) is 4.72. The number of methoxy groups -OCH3 is 2. The van der Waals surface area contributed by atoms with E-state index in [4.69, 9.17) is 9.47 Å². The minimum atomic E-state index is 0.105. The van der Waals surface area contributed by atoms with Crippen LogP contribution in [0.1, 0.15) is 54.0 Å². The Hall–Kier alpha value is -2.53. The summed E-state index contributed by atoms with van der Waals surface area (Å²) in [4.78, 5) is 15.3. The van der Waals surface area contributed by atoms with Crippen molar-refractivity contribution >= 4 is 5.91 Å². The summed E-state index contributed by atoms with van der Waals surface area (Å²) in [6.45, 7) is 4.59. The fraction of sp³-hybridized carbons (Fsp3) is 0.500. The van der Waals surface area contributed by atoms with Crippen molar-refractivity contribution in [3.8, 4) is 11.5 Å². The van der Waals surface area contributed by atoms with Gasteiger partial charge in [-0.3, -0.25) is 9.69 Å². The van der Waals surface area contributed by atoms with Crippen molar-refractivity contribution in [3.63, 3.8) is 0 Å². The van der Waals surface area contributed by atoms with E-state index in [-0.39, 0.29) is 17.9 Å². The standard InChI is InChI=1S/C26H34N2O3/c1-18-8-4-5-11-21(18)17-28-13-12-20-14-24(30-2)25(31-3)15-22(20)23(28)16-27-26(29)19-9-6-7-10-19/h4-5,8,11,14-15,19,23H,6-7,9-10,12-13,16-17H2,1-3H3,(H,27,29)/t23-/m0/s1. The molecular formula is C26H34N2O3. The first-order valence-electron chi connectivity index (χ1n) is 11.4. The second kappa shape index (κ2) is 9.73. The maximum Gasteiger partial charge on any atom is 0.223 e. The van der Waals surface area contributed by atoms with Crippen molar-refractivity contribution in [2.45, 2.75) is 51.6 Å². The predicted molar refractivity (Wildman–Crippen MR) is 123 cm³/mol. The Bertz CT molecular complexity index is 921. The molecule has 0 radical (unpaired) electrons. The molecule has 1 aliphatic heterocycles. The van der Waals surface area contributed by atoms with Gasteiger partial charge in [-0.1, -0.05) is 37.1 Å². The normalized spacial score (nSPS) is 19.1. The number of fused-ring (bicyclic) bond motifs is 1. The van der Waals surface area contributed by atoms with Gasteiger partial charge in [0.1, 0.15) is 0 Å². The molecule has 1 saturated carbocycles. The maximum absolute atomic E-state index is 12.8. The zero-order valence-corrected chi connectivity index (χ0v) is 18.9. The van der Waals surface area contributed by atoms with Gasteiger partial charge in [0.2, 0.25) is 5.91 Å². The Morgan fingerprint density at radius 1 is 1.10 bits per heavy atom. The lowest BCUT2D eigenvalue weighted by Gasteiger charge is -2.38. The summed E-state index contributed by atoms with van der Waals surface area (Å²) < 4.78 is 11.1. The molecule has 0 saturated heterocycles. The highest BCUT2D eigenvalue weighted by Gasteiger charge is 2.31. The molecule has 2 aromatic carbocycles. The first kappa shape index (κ1) is 21.7. The highest BCUT2D eigenvalue weighted by Crippen LogP contribution is 2.38. The van der Waals surface area contributed by atoms with Gasteiger partial charge in [-0.2, -0.15) is 0 Å². The molecule has 0 bridgehead atoms. The molecule has 0 aromatic heterocycles. The molecule has 5 heteroatoms. The summed E-state index contributed by atoms with van der Waals surface area (Å²) in [6.07, 6.45) is 5.33. The highest BCUT2D eigenvalue weighted by molar-refractivity contribution is 5.78. The van der Waals surface area contributed by atoms with E-state index >= 15 is 0 Å². The Morgan fingerprint density at radius 2 is 1.81 bits per heavy atom. The molecular weight excluding hydrogens is 388 g/mol. The van der Waals surface area contributed by atoms with E-state index in [9.17, 15) is 4.79 Å². The van der Waals surface area contributed by atoms with Crippen LogP contribution in [0.25, 0.3) is 0 Å². The van der Waals surface area contributed by atoms with Crippen molar-refractivity contribution in [1.29, 1.82) is 0 Å². The zero-order chi connectivity index (χ0) is 21.8. The van der Waals surface area contributed by atoms with Crippen molar-refractivity contribution in [2.24, 2.45) is 5.92 Å². The Morgan fingerprint density at radius 3 is 2.52 bits per heavy atom. The molecule has 1 heterocycles. The van der Waals surface area contributed by atoms with E-state index in [0.717, 1.165) is 43.9 Å². The summed E-state index contributed by atoms with van der Waals surface area (Å²) in [6, 6.07) is 12.9. The third-order valence-corrected chi connectivity index (χ3v) is 6.94. The second-order valence-electron chi connectivity index (χ2n) is 8.80. The number of rotatable bonds is 7. The third-order valence-electron chi connectivity index (χ3n) is 6.94. The number of nitrogens with zero attached hydrogens (tertiary/aromatic N) is 1. The van der Waals surface area contributed by atoms with Crippen LogP contribution in [-0.4, -0.2) is 38.1 Å². The Labute approximate surface area is 185 Å². The smallest absolute Gasteiger partial charge is 0.223 e.